The van der Waals surface area contributed by atoms with Crippen LogP contribution in [0.5, 0.6) is 0 Å². The van der Waals surface area contributed by atoms with Crippen LogP contribution in [0.15, 0.2) is 21.9 Å². The van der Waals surface area contributed by atoms with Crippen molar-refractivity contribution in [2.24, 2.45) is 5.92 Å². The van der Waals surface area contributed by atoms with E-state index in [0.717, 1.165) is 19.0 Å². The molecule has 2 heterocycles. The van der Waals surface area contributed by atoms with E-state index in [4.69, 9.17) is 14.0 Å². The van der Waals surface area contributed by atoms with Crippen molar-refractivity contribution in [2.75, 3.05) is 19.4 Å². The van der Waals surface area contributed by atoms with Crippen LogP contribution in [0.1, 0.15) is 67.5 Å². The van der Waals surface area contributed by atoms with E-state index in [0.29, 0.717) is 25.3 Å². The number of aromatic nitrogens is 2. The van der Waals surface area contributed by atoms with Gasteiger partial charge in [-0.1, -0.05) is 6.92 Å². The lowest BCUT2D eigenvalue weighted by molar-refractivity contribution is -0.0493. The highest BCUT2D eigenvalue weighted by Crippen LogP contribution is 2.46. The van der Waals surface area contributed by atoms with Crippen molar-refractivity contribution in [3.05, 3.63) is 33.1 Å². The minimum Gasteiger partial charge on any atom is -0.379 e. The molecule has 0 amide bonds. The predicted molar refractivity (Wildman–Crippen MR) is 125 cm³/mol. The maximum absolute atomic E-state index is 12.1. The zero-order chi connectivity index (χ0) is 23.1. The molecule has 1 aliphatic heterocycles. The number of aromatic amines is 1. The minimum atomic E-state index is -0.665. The Morgan fingerprint density at radius 1 is 1.23 bits per heavy atom. The van der Waals surface area contributed by atoms with Gasteiger partial charge in [0.1, 0.15) is 14.5 Å². The third-order valence-electron chi connectivity index (χ3n) is 5.17. The van der Waals surface area contributed by atoms with Gasteiger partial charge < -0.3 is 14.0 Å². The van der Waals surface area contributed by atoms with Crippen molar-refractivity contribution in [3.63, 3.8) is 0 Å². The van der Waals surface area contributed by atoms with Crippen molar-refractivity contribution in [1.82, 2.24) is 14.2 Å². The highest BCUT2D eigenvalue weighted by molar-refractivity contribution is 7.50. The molecule has 4 atom stereocenters. The maximum Gasteiger partial charge on any atom is 0.330 e. The molecule has 0 radical (unpaired) electrons. The van der Waals surface area contributed by atoms with Crippen LogP contribution in [0.2, 0.25) is 0 Å². The smallest absolute Gasteiger partial charge is 0.330 e. The largest absolute Gasteiger partial charge is 0.379 e. The van der Waals surface area contributed by atoms with Crippen LogP contribution in [-0.2, 0) is 14.0 Å². The van der Waals surface area contributed by atoms with Crippen LogP contribution in [-0.4, -0.2) is 57.9 Å². The number of nitrogens with zero attached hydrogens (tertiary/aromatic N) is 2. The summed E-state index contributed by atoms with van der Waals surface area (Å²) < 4.78 is 22.2. The molecule has 31 heavy (non-hydrogen) atoms. The van der Waals surface area contributed by atoms with Gasteiger partial charge in [-0.3, -0.25) is 19.0 Å². The normalized spacial score (nSPS) is 22.9. The fraction of sp³-hybridized carbons (Fsp3) is 0.818. The molecule has 8 nitrogen and oxygen atoms in total. The van der Waals surface area contributed by atoms with Gasteiger partial charge >= 0.3 is 5.69 Å². The summed E-state index contributed by atoms with van der Waals surface area (Å²) in [5.74, 6) is 0.162. The zero-order valence-electron chi connectivity index (χ0n) is 20.0. The summed E-state index contributed by atoms with van der Waals surface area (Å²) in [6, 6.07) is 2.22. The molecule has 1 N–H and O–H groups in total. The lowest BCUT2D eigenvalue weighted by atomic mass is 10.1. The summed E-state index contributed by atoms with van der Waals surface area (Å²) in [6.07, 6.45) is 3.98. The molecule has 0 saturated carbocycles. The van der Waals surface area contributed by atoms with E-state index in [1.165, 1.54) is 16.8 Å². The van der Waals surface area contributed by atoms with Gasteiger partial charge in [0.2, 0.25) is 0 Å². The second kappa shape index (κ2) is 12.3. The van der Waals surface area contributed by atoms with Gasteiger partial charge in [0.05, 0.1) is 18.8 Å². The van der Waals surface area contributed by atoms with Crippen molar-refractivity contribution in [2.45, 2.75) is 91.8 Å². The van der Waals surface area contributed by atoms with E-state index in [1.54, 1.807) is 0 Å². The first-order chi connectivity index (χ1) is 14.6. The van der Waals surface area contributed by atoms with Gasteiger partial charge in [0.25, 0.3) is 5.56 Å². The molecule has 1 saturated heterocycles. The van der Waals surface area contributed by atoms with Crippen LogP contribution in [0, 0.1) is 5.92 Å². The Balaban J connectivity index is 1.81. The monoisotopic (exact) mass is 457 g/mol. The van der Waals surface area contributed by atoms with Crippen LogP contribution >= 0.6 is 8.30 Å². The van der Waals surface area contributed by atoms with E-state index >= 15 is 0 Å². The molecule has 9 heteroatoms. The lowest BCUT2D eigenvalue weighted by Gasteiger charge is -2.38. The first-order valence-electron chi connectivity index (χ1n) is 11.4. The second-order valence-corrected chi connectivity index (χ2v) is 10.9. The highest BCUT2D eigenvalue weighted by atomic mass is 31.2. The molecule has 0 aliphatic carbocycles. The zero-order valence-corrected chi connectivity index (χ0v) is 20.9. The predicted octanol–water partition coefficient (Wildman–Crippen LogP) is 3.72. The standard InChI is InChI=1S/C22H40N3O5P/c1-15(2)25(16(3)4)31(30-17(5)6)12-8-11-28-14-19-13-18(7)21(29-19)24-10-9-20(26)23-22(24)27/h9-10,15-19,21H,8,11-14H2,1-7H3,(H,23,26,27). The third-order valence-corrected chi connectivity index (χ3v) is 7.97. The maximum atomic E-state index is 12.1. The Morgan fingerprint density at radius 3 is 2.48 bits per heavy atom. The topological polar surface area (TPSA) is 85.8 Å². The molecule has 1 aromatic rings. The number of ether oxygens (including phenoxy) is 2. The Bertz CT molecular complexity index is 771. The van der Waals surface area contributed by atoms with Gasteiger partial charge in [-0.05, 0) is 54.4 Å². The Kier molecular flexibility index (Phi) is 10.4. The summed E-state index contributed by atoms with van der Waals surface area (Å²) in [6.45, 7) is 16.3. The SMILES string of the molecule is CC(C)OP(CCCOCC1CC(C)C(n2ccc(=O)[nH]c2=O)O1)N(C(C)C)C(C)C. The molecule has 2 rings (SSSR count). The molecular weight excluding hydrogens is 417 g/mol. The lowest BCUT2D eigenvalue weighted by Crippen LogP contribution is -2.34. The van der Waals surface area contributed by atoms with Crippen molar-refractivity contribution in [1.29, 1.82) is 0 Å². The first-order valence-corrected chi connectivity index (χ1v) is 12.8. The fourth-order valence-corrected chi connectivity index (χ4v) is 6.45. The molecule has 1 aromatic heterocycles. The highest BCUT2D eigenvalue weighted by Gasteiger charge is 2.34. The Labute approximate surface area is 187 Å². The summed E-state index contributed by atoms with van der Waals surface area (Å²) >= 11 is 0. The molecule has 1 aliphatic rings. The van der Waals surface area contributed by atoms with E-state index < -0.39 is 19.5 Å². The number of nitrogens with one attached hydrogen (secondary N) is 1. The first kappa shape index (κ1) is 26.2. The van der Waals surface area contributed by atoms with Gasteiger partial charge in [-0.15, -0.1) is 0 Å². The summed E-state index contributed by atoms with van der Waals surface area (Å²) in [4.78, 5) is 25.6. The van der Waals surface area contributed by atoms with Crippen LogP contribution in [0.4, 0.5) is 0 Å². The average Bonchev–Trinajstić information content (AvgIpc) is 3.00. The molecule has 178 valence electrons. The molecule has 0 bridgehead atoms. The van der Waals surface area contributed by atoms with Crippen molar-refractivity contribution >= 4 is 8.30 Å². The third kappa shape index (κ3) is 7.79. The van der Waals surface area contributed by atoms with E-state index in [9.17, 15) is 9.59 Å². The quantitative estimate of drug-likeness (QED) is 0.380. The average molecular weight is 458 g/mol. The number of H-pyrrole nitrogens is 1. The van der Waals surface area contributed by atoms with Gasteiger partial charge in [-0.25, -0.2) is 4.79 Å². The van der Waals surface area contributed by atoms with Gasteiger partial charge in [0, 0.05) is 43.0 Å². The van der Waals surface area contributed by atoms with Crippen LogP contribution in [0.3, 0.4) is 0 Å². The molecule has 0 aromatic carbocycles. The van der Waals surface area contributed by atoms with Crippen molar-refractivity contribution in [3.8, 4) is 0 Å². The Hall–Kier alpha value is -1.05. The second-order valence-electron chi connectivity index (χ2n) is 9.10. The van der Waals surface area contributed by atoms with Gasteiger partial charge in [0.15, 0.2) is 0 Å². The number of rotatable bonds is 12. The van der Waals surface area contributed by atoms with Crippen molar-refractivity contribution < 1.29 is 14.0 Å². The van der Waals surface area contributed by atoms with E-state index in [-0.39, 0.29) is 24.4 Å². The van der Waals surface area contributed by atoms with E-state index in [1.807, 2.05) is 6.92 Å². The summed E-state index contributed by atoms with van der Waals surface area (Å²) in [5.41, 5.74) is -0.842. The molecule has 0 spiro atoms. The number of hydrogen-bond acceptors (Lipinski definition) is 6. The van der Waals surface area contributed by atoms with E-state index in [2.05, 4.69) is 51.2 Å². The fourth-order valence-electron chi connectivity index (χ4n) is 4.09. The molecule has 4 unspecified atom stereocenters. The molecule has 1 fully saturated rings. The summed E-state index contributed by atoms with van der Waals surface area (Å²) in [7, 11) is -0.665. The summed E-state index contributed by atoms with van der Waals surface area (Å²) in [5, 5.41) is 0. The van der Waals surface area contributed by atoms with Gasteiger partial charge in [-0.2, -0.15) is 0 Å². The van der Waals surface area contributed by atoms with Crippen LogP contribution < -0.4 is 11.2 Å². The Morgan fingerprint density at radius 2 is 1.90 bits per heavy atom. The minimum absolute atomic E-state index is 0.0601. The molecular formula is C22H40N3O5P. The number of hydrogen-bond donors (Lipinski definition) is 1. The van der Waals surface area contributed by atoms with Crippen LogP contribution in [0.25, 0.3) is 0 Å².